The van der Waals surface area contributed by atoms with E-state index >= 15 is 0 Å². The summed E-state index contributed by atoms with van der Waals surface area (Å²) in [5.41, 5.74) is 0.279. The standard InChI is InChI=1S/C19H24O5.C15H24O/c1-5-6-16(21)24-14-8-15-19(10-22-19)18(14,4)17(3)9-12(20)11(2)7-13(17)23-15;1-10-5-7-15(4)13(9-10)16-12-6-8-14(15,3)11(12)2/h5-7,13-15H,8-10H2,1-4H3;6,10-11,13H,5,7-9H2,1-4H3/b6-5-;/t13-,14?,15-,17+,18-,19?;10?,11-,13-,14+,15+/m11/s1. The van der Waals surface area contributed by atoms with E-state index in [4.69, 9.17) is 18.9 Å². The number of fused-ring (bicyclic) bond motifs is 6. The van der Waals surface area contributed by atoms with Crippen molar-refractivity contribution in [2.45, 2.75) is 124 Å². The average Bonchev–Trinajstić information content (AvgIpc) is 3.63. The molecular weight excluding hydrogens is 504 g/mol. The molecule has 6 heteroatoms. The van der Waals surface area contributed by atoms with E-state index in [1.54, 1.807) is 13.0 Å². The monoisotopic (exact) mass is 552 g/mol. The molecule has 2 saturated carbocycles. The zero-order valence-electron chi connectivity index (χ0n) is 25.7. The second-order valence-electron chi connectivity index (χ2n) is 14.8. The minimum absolute atomic E-state index is 0.0961. The minimum Gasteiger partial charge on any atom is -0.494 e. The lowest BCUT2D eigenvalue weighted by atomic mass is 9.51. The molecule has 0 radical (unpaired) electrons. The van der Waals surface area contributed by atoms with Gasteiger partial charge in [-0.1, -0.05) is 47.6 Å². The smallest absolute Gasteiger partial charge is 0.330 e. The third-order valence-corrected chi connectivity index (χ3v) is 13.2. The van der Waals surface area contributed by atoms with Gasteiger partial charge in [-0.25, -0.2) is 4.79 Å². The maximum atomic E-state index is 12.5. The number of Topliss-reactive ketones (excluding diaryl/α,β-unsaturated/α-hetero) is 1. The Kier molecular flexibility index (Phi) is 6.37. The van der Waals surface area contributed by atoms with E-state index in [2.05, 4.69) is 47.6 Å². The Labute approximate surface area is 239 Å². The molecule has 7 rings (SSSR count). The molecule has 3 unspecified atom stereocenters. The van der Waals surface area contributed by atoms with Crippen LogP contribution < -0.4 is 0 Å². The fraction of sp³-hybridized carbons (Fsp3) is 0.765. The molecule has 0 aromatic heterocycles. The van der Waals surface area contributed by atoms with Crippen LogP contribution in [0, 0.1) is 33.5 Å². The van der Waals surface area contributed by atoms with Gasteiger partial charge in [-0.15, -0.1) is 0 Å². The summed E-state index contributed by atoms with van der Waals surface area (Å²) in [5, 5.41) is 0. The predicted molar refractivity (Wildman–Crippen MR) is 152 cm³/mol. The van der Waals surface area contributed by atoms with Crippen LogP contribution in [-0.2, 0) is 28.5 Å². The van der Waals surface area contributed by atoms with Crippen LogP contribution >= 0.6 is 0 Å². The highest BCUT2D eigenvalue weighted by Gasteiger charge is 2.82. The second-order valence-corrected chi connectivity index (χ2v) is 14.8. The van der Waals surface area contributed by atoms with Gasteiger partial charge in [-0.05, 0) is 68.6 Å². The number of carbonyl (C=O) groups is 2. The van der Waals surface area contributed by atoms with Gasteiger partial charge in [0.15, 0.2) is 5.78 Å². The molecule has 4 aliphatic carbocycles. The molecule has 11 atom stereocenters. The summed E-state index contributed by atoms with van der Waals surface area (Å²) < 4.78 is 24.4. The summed E-state index contributed by atoms with van der Waals surface area (Å²) >= 11 is 0. The van der Waals surface area contributed by atoms with Crippen LogP contribution in [0.2, 0.25) is 0 Å². The Hall–Kier alpha value is -1.92. The van der Waals surface area contributed by atoms with Crippen molar-refractivity contribution in [2.75, 3.05) is 6.61 Å². The summed E-state index contributed by atoms with van der Waals surface area (Å²) in [6, 6.07) is 0. The Balaban J connectivity index is 0.000000157. The highest BCUT2D eigenvalue weighted by atomic mass is 16.6. The van der Waals surface area contributed by atoms with Crippen LogP contribution in [-0.4, -0.2) is 48.4 Å². The maximum absolute atomic E-state index is 12.5. The first-order chi connectivity index (χ1) is 18.8. The summed E-state index contributed by atoms with van der Waals surface area (Å²) in [7, 11) is 0. The van der Waals surface area contributed by atoms with Crippen LogP contribution in [0.5, 0.6) is 0 Å². The molecule has 3 aliphatic heterocycles. The summed E-state index contributed by atoms with van der Waals surface area (Å²) in [6.45, 7) is 18.1. The first-order valence-electron chi connectivity index (χ1n) is 15.5. The van der Waals surface area contributed by atoms with E-state index < -0.39 is 16.4 Å². The summed E-state index contributed by atoms with van der Waals surface area (Å²) in [4.78, 5) is 24.5. The molecule has 220 valence electrons. The molecule has 3 saturated heterocycles. The molecule has 0 aromatic carbocycles. The number of ether oxygens (including phenoxy) is 4. The van der Waals surface area contributed by atoms with E-state index in [1.807, 2.05) is 13.0 Å². The molecule has 4 bridgehead atoms. The van der Waals surface area contributed by atoms with E-state index in [0.717, 1.165) is 11.5 Å². The predicted octanol–water partition coefficient (Wildman–Crippen LogP) is 6.49. The molecule has 0 aromatic rings. The van der Waals surface area contributed by atoms with E-state index in [0.29, 0.717) is 42.3 Å². The van der Waals surface area contributed by atoms with Crippen molar-refractivity contribution >= 4 is 11.8 Å². The van der Waals surface area contributed by atoms with Crippen molar-refractivity contribution in [3.63, 3.8) is 0 Å². The highest BCUT2D eigenvalue weighted by molar-refractivity contribution is 5.96. The van der Waals surface area contributed by atoms with Crippen LogP contribution in [0.15, 0.2) is 35.6 Å². The molecule has 0 N–H and O–H groups in total. The normalized spacial score (nSPS) is 51.6. The third kappa shape index (κ3) is 3.53. The van der Waals surface area contributed by atoms with Crippen molar-refractivity contribution in [1.29, 1.82) is 0 Å². The maximum Gasteiger partial charge on any atom is 0.330 e. The van der Waals surface area contributed by atoms with Gasteiger partial charge < -0.3 is 18.9 Å². The van der Waals surface area contributed by atoms with Crippen LogP contribution in [0.25, 0.3) is 0 Å². The van der Waals surface area contributed by atoms with Gasteiger partial charge in [0.25, 0.3) is 0 Å². The molecule has 1 spiro atoms. The lowest BCUT2D eigenvalue weighted by molar-refractivity contribution is -0.208. The number of carbonyl (C=O) groups excluding carboxylic acids is 2. The largest absolute Gasteiger partial charge is 0.494 e. The van der Waals surface area contributed by atoms with Gasteiger partial charge in [0.1, 0.15) is 17.8 Å². The molecule has 6 nitrogen and oxygen atoms in total. The summed E-state index contributed by atoms with van der Waals surface area (Å²) in [5.74, 6) is 2.55. The van der Waals surface area contributed by atoms with Crippen LogP contribution in [0.1, 0.15) is 93.9 Å². The zero-order valence-corrected chi connectivity index (χ0v) is 25.7. The zero-order chi connectivity index (χ0) is 28.9. The number of rotatable bonds is 2. The Morgan fingerprint density at radius 1 is 1.07 bits per heavy atom. The van der Waals surface area contributed by atoms with Crippen molar-refractivity contribution in [2.24, 2.45) is 33.5 Å². The van der Waals surface area contributed by atoms with Gasteiger partial charge in [-0.3, -0.25) is 4.79 Å². The molecule has 7 aliphatic rings. The summed E-state index contributed by atoms with van der Waals surface area (Å²) in [6.07, 6.45) is 13.6. The van der Waals surface area contributed by atoms with E-state index in [-0.39, 0.29) is 30.1 Å². The van der Waals surface area contributed by atoms with Gasteiger partial charge in [0.05, 0.1) is 24.6 Å². The number of esters is 1. The number of epoxide rings is 1. The Morgan fingerprint density at radius 2 is 1.80 bits per heavy atom. The lowest BCUT2D eigenvalue weighted by Crippen LogP contribution is -2.64. The van der Waals surface area contributed by atoms with Gasteiger partial charge >= 0.3 is 5.97 Å². The highest BCUT2D eigenvalue weighted by Crippen LogP contribution is 2.71. The van der Waals surface area contributed by atoms with E-state index in [1.165, 1.54) is 37.5 Å². The molecule has 5 fully saturated rings. The van der Waals surface area contributed by atoms with Gasteiger partial charge in [-0.2, -0.15) is 0 Å². The fourth-order valence-electron chi connectivity index (χ4n) is 9.52. The number of hydrogen-bond donors (Lipinski definition) is 0. The van der Waals surface area contributed by atoms with Gasteiger partial charge in [0, 0.05) is 41.1 Å². The van der Waals surface area contributed by atoms with Crippen molar-refractivity contribution < 1.29 is 28.5 Å². The Bertz CT molecular complexity index is 1190. The molecule has 3 heterocycles. The third-order valence-electron chi connectivity index (χ3n) is 13.2. The van der Waals surface area contributed by atoms with E-state index in [9.17, 15) is 9.59 Å². The average molecular weight is 553 g/mol. The number of allylic oxidation sites excluding steroid dienone is 4. The van der Waals surface area contributed by atoms with Crippen molar-refractivity contribution in [3.8, 4) is 0 Å². The van der Waals surface area contributed by atoms with Crippen LogP contribution in [0.4, 0.5) is 0 Å². The number of hydrogen-bond acceptors (Lipinski definition) is 6. The molecule has 0 amide bonds. The quantitative estimate of drug-likeness (QED) is 0.222. The second kappa shape index (κ2) is 9.04. The SMILES string of the molecule is C/C=C\C(=O)OC1C[C@H]2O[C@@H]3C=C(C)C(=O)C[C@]3(C)[C@]1(C)C21CO1.CC1CC[C@@]2(C)[C@@H](C1)OC1=CC[C@@]2(C)[C@@H]1C. The topological polar surface area (TPSA) is 74.4 Å². The first kappa shape index (κ1) is 28.2. The minimum atomic E-state index is -0.450. The number of ketones is 1. The van der Waals surface area contributed by atoms with Crippen LogP contribution in [0.3, 0.4) is 0 Å². The van der Waals surface area contributed by atoms with Crippen molar-refractivity contribution in [3.05, 3.63) is 35.6 Å². The molecule has 40 heavy (non-hydrogen) atoms. The molecular formula is C34H48O6. The lowest BCUT2D eigenvalue weighted by Gasteiger charge is -2.58. The first-order valence-corrected chi connectivity index (χ1v) is 15.5. The fourth-order valence-corrected chi connectivity index (χ4v) is 9.52. The van der Waals surface area contributed by atoms with Crippen molar-refractivity contribution in [1.82, 2.24) is 0 Å². The van der Waals surface area contributed by atoms with Gasteiger partial charge in [0.2, 0.25) is 0 Å². The Morgan fingerprint density at radius 3 is 2.48 bits per heavy atom.